The molecular formula is C13H11Br2NO2S. The molecule has 0 aliphatic rings. The Morgan fingerprint density at radius 1 is 1.32 bits per heavy atom. The summed E-state index contributed by atoms with van der Waals surface area (Å²) in [5.41, 5.74) is 0.307. The summed E-state index contributed by atoms with van der Waals surface area (Å²) in [6.45, 7) is 0.518. The molecule has 0 saturated heterocycles. The number of thiophene rings is 1. The maximum atomic E-state index is 12.2. The van der Waals surface area contributed by atoms with Gasteiger partial charge in [0.2, 0.25) is 0 Å². The van der Waals surface area contributed by atoms with Crippen LogP contribution in [-0.2, 0) is 6.54 Å². The zero-order chi connectivity index (χ0) is 14.0. The topological polar surface area (TPSA) is 40.5 Å². The molecule has 0 radical (unpaired) electrons. The Morgan fingerprint density at radius 3 is 2.63 bits per heavy atom. The number of benzene rings is 1. The van der Waals surface area contributed by atoms with E-state index < -0.39 is 0 Å². The fourth-order valence-corrected chi connectivity index (χ4v) is 3.49. The predicted molar refractivity (Wildman–Crippen MR) is 83.6 cm³/mol. The summed E-state index contributed by atoms with van der Waals surface area (Å²) in [4.78, 5) is 14.9. The molecule has 3 nitrogen and oxygen atoms in total. The molecule has 0 saturated carbocycles. The lowest BCUT2D eigenvalue weighted by atomic mass is 10.2. The van der Waals surface area contributed by atoms with E-state index in [0.29, 0.717) is 12.1 Å². The molecule has 100 valence electrons. The van der Waals surface area contributed by atoms with Crippen molar-refractivity contribution in [3.63, 3.8) is 0 Å². The average Bonchev–Trinajstić information content (AvgIpc) is 2.74. The van der Waals surface area contributed by atoms with Crippen LogP contribution in [0.2, 0.25) is 0 Å². The highest BCUT2D eigenvalue weighted by Crippen LogP contribution is 2.25. The Labute approximate surface area is 132 Å². The third-order valence-electron chi connectivity index (χ3n) is 2.55. The second-order valence-corrected chi connectivity index (χ2v) is 6.88. The fraction of sp³-hybridized carbons (Fsp3) is 0.154. The van der Waals surface area contributed by atoms with E-state index in [9.17, 15) is 9.90 Å². The highest BCUT2D eigenvalue weighted by atomic mass is 79.9. The molecule has 0 atom stereocenters. The molecule has 1 heterocycles. The summed E-state index contributed by atoms with van der Waals surface area (Å²) in [7, 11) is 1.72. The van der Waals surface area contributed by atoms with Gasteiger partial charge in [0.25, 0.3) is 5.91 Å². The Bertz CT molecular complexity index is 612. The standard InChI is InChI=1S/C13H11Br2NO2S/c1-16(6-10-4-9(15)7-19-10)13(18)11-3-2-8(14)5-12(11)17/h2-5,7,17H,6H2,1H3. The smallest absolute Gasteiger partial charge is 0.257 e. The van der Waals surface area contributed by atoms with Gasteiger partial charge in [-0.1, -0.05) is 15.9 Å². The second-order valence-electron chi connectivity index (χ2n) is 4.05. The minimum atomic E-state index is -0.200. The summed E-state index contributed by atoms with van der Waals surface area (Å²) < 4.78 is 1.76. The highest BCUT2D eigenvalue weighted by molar-refractivity contribution is 9.10. The Hall–Kier alpha value is -0.850. The first kappa shape index (κ1) is 14.6. The summed E-state index contributed by atoms with van der Waals surface area (Å²) in [5.74, 6) is -0.215. The van der Waals surface area contributed by atoms with E-state index in [4.69, 9.17) is 0 Å². The van der Waals surface area contributed by atoms with Crippen LogP contribution >= 0.6 is 43.2 Å². The van der Waals surface area contributed by atoms with Gasteiger partial charge in [0.15, 0.2) is 0 Å². The molecule has 0 aliphatic carbocycles. The third-order valence-corrected chi connectivity index (χ3v) is 4.73. The van der Waals surface area contributed by atoms with Crippen molar-refractivity contribution < 1.29 is 9.90 Å². The molecule has 0 bridgehead atoms. The van der Waals surface area contributed by atoms with Crippen LogP contribution in [0, 0.1) is 0 Å². The highest BCUT2D eigenvalue weighted by Gasteiger charge is 2.16. The van der Waals surface area contributed by atoms with Crippen LogP contribution < -0.4 is 0 Å². The van der Waals surface area contributed by atoms with Crippen molar-refractivity contribution in [2.75, 3.05) is 7.05 Å². The zero-order valence-electron chi connectivity index (χ0n) is 10.1. The van der Waals surface area contributed by atoms with Crippen LogP contribution in [-0.4, -0.2) is 23.0 Å². The minimum Gasteiger partial charge on any atom is -0.507 e. The van der Waals surface area contributed by atoms with Crippen molar-refractivity contribution in [3.05, 3.63) is 49.0 Å². The molecule has 19 heavy (non-hydrogen) atoms. The van der Waals surface area contributed by atoms with E-state index in [-0.39, 0.29) is 11.7 Å². The lowest BCUT2D eigenvalue weighted by Gasteiger charge is -2.17. The molecule has 1 amide bonds. The summed E-state index contributed by atoms with van der Waals surface area (Å²) in [6.07, 6.45) is 0. The predicted octanol–water partition coefficient (Wildman–Crippen LogP) is 4.25. The van der Waals surface area contributed by atoms with Gasteiger partial charge in [-0.15, -0.1) is 11.3 Å². The Balaban J connectivity index is 2.14. The van der Waals surface area contributed by atoms with E-state index in [2.05, 4.69) is 31.9 Å². The van der Waals surface area contributed by atoms with E-state index in [1.54, 1.807) is 35.4 Å². The molecule has 2 aromatic rings. The van der Waals surface area contributed by atoms with Gasteiger partial charge in [-0.25, -0.2) is 0 Å². The van der Waals surface area contributed by atoms with Gasteiger partial charge in [0.05, 0.1) is 12.1 Å². The molecule has 1 N–H and O–H groups in total. The first-order valence-electron chi connectivity index (χ1n) is 5.44. The third kappa shape index (κ3) is 3.58. The van der Waals surface area contributed by atoms with Crippen molar-refractivity contribution in [1.29, 1.82) is 0 Å². The van der Waals surface area contributed by atoms with E-state index >= 15 is 0 Å². The Morgan fingerprint density at radius 2 is 2.05 bits per heavy atom. The van der Waals surface area contributed by atoms with Crippen LogP contribution in [0.25, 0.3) is 0 Å². The molecule has 0 aliphatic heterocycles. The summed E-state index contributed by atoms with van der Waals surface area (Å²) in [5, 5.41) is 11.8. The molecule has 1 aromatic heterocycles. The number of rotatable bonds is 3. The van der Waals surface area contributed by atoms with Crippen LogP contribution in [0.15, 0.2) is 38.6 Å². The van der Waals surface area contributed by atoms with Gasteiger partial charge in [-0.2, -0.15) is 0 Å². The van der Waals surface area contributed by atoms with E-state index in [0.717, 1.165) is 13.8 Å². The molecule has 0 unspecified atom stereocenters. The van der Waals surface area contributed by atoms with Gasteiger partial charge >= 0.3 is 0 Å². The fourth-order valence-electron chi connectivity index (χ4n) is 1.63. The zero-order valence-corrected chi connectivity index (χ0v) is 14.0. The minimum absolute atomic E-state index is 0.0152. The molecule has 1 aromatic carbocycles. The van der Waals surface area contributed by atoms with Gasteiger partial charge in [-0.3, -0.25) is 4.79 Å². The van der Waals surface area contributed by atoms with E-state index in [1.165, 1.54) is 6.07 Å². The van der Waals surface area contributed by atoms with Crippen LogP contribution in [0.3, 0.4) is 0 Å². The number of amides is 1. The molecular weight excluding hydrogens is 394 g/mol. The van der Waals surface area contributed by atoms with Crippen molar-refractivity contribution in [3.8, 4) is 5.75 Å². The largest absolute Gasteiger partial charge is 0.507 e. The van der Waals surface area contributed by atoms with E-state index in [1.807, 2.05) is 11.4 Å². The number of phenols is 1. The number of hydrogen-bond acceptors (Lipinski definition) is 3. The van der Waals surface area contributed by atoms with Crippen LogP contribution in [0.1, 0.15) is 15.2 Å². The number of carbonyl (C=O) groups is 1. The monoisotopic (exact) mass is 403 g/mol. The molecule has 6 heteroatoms. The summed E-state index contributed by atoms with van der Waals surface area (Å²) >= 11 is 8.22. The van der Waals surface area contributed by atoms with Gasteiger partial charge < -0.3 is 10.0 Å². The summed E-state index contributed by atoms with van der Waals surface area (Å²) in [6, 6.07) is 6.85. The number of aromatic hydroxyl groups is 1. The van der Waals surface area contributed by atoms with Crippen molar-refractivity contribution in [2.24, 2.45) is 0 Å². The SMILES string of the molecule is CN(Cc1cc(Br)cs1)C(=O)c1ccc(Br)cc1O. The molecule has 0 spiro atoms. The Kier molecular flexibility index (Phi) is 4.65. The van der Waals surface area contributed by atoms with Crippen LogP contribution in [0.5, 0.6) is 5.75 Å². The van der Waals surface area contributed by atoms with Gasteiger partial charge in [-0.05, 0) is 40.2 Å². The van der Waals surface area contributed by atoms with Crippen LogP contribution in [0.4, 0.5) is 0 Å². The van der Waals surface area contributed by atoms with Gasteiger partial charge in [0.1, 0.15) is 5.75 Å². The first-order valence-corrected chi connectivity index (χ1v) is 7.91. The quantitative estimate of drug-likeness (QED) is 0.830. The van der Waals surface area contributed by atoms with Crippen molar-refractivity contribution in [2.45, 2.75) is 6.54 Å². The number of halogens is 2. The number of nitrogens with zero attached hydrogens (tertiary/aromatic N) is 1. The first-order chi connectivity index (χ1) is 8.97. The lowest BCUT2D eigenvalue weighted by molar-refractivity contribution is 0.0783. The number of phenolic OH excluding ortho intramolecular Hbond substituents is 1. The van der Waals surface area contributed by atoms with Gasteiger partial charge in [0, 0.05) is 26.3 Å². The second kappa shape index (κ2) is 6.07. The number of carbonyl (C=O) groups excluding carboxylic acids is 1. The normalized spacial score (nSPS) is 10.5. The number of hydrogen-bond donors (Lipinski definition) is 1. The van der Waals surface area contributed by atoms with Crippen molar-refractivity contribution in [1.82, 2.24) is 4.90 Å². The lowest BCUT2D eigenvalue weighted by Crippen LogP contribution is -2.25. The molecule has 0 fully saturated rings. The maximum Gasteiger partial charge on any atom is 0.257 e. The maximum absolute atomic E-state index is 12.2. The average molecular weight is 405 g/mol. The molecule has 2 rings (SSSR count). The van der Waals surface area contributed by atoms with Crippen molar-refractivity contribution >= 4 is 49.1 Å².